The van der Waals surface area contributed by atoms with Gasteiger partial charge in [0, 0.05) is 18.4 Å². The molecule has 1 aromatic rings. The van der Waals surface area contributed by atoms with Gasteiger partial charge in [0.25, 0.3) is 0 Å². The van der Waals surface area contributed by atoms with E-state index in [-0.39, 0.29) is 5.82 Å². The Bertz CT molecular complexity index is 315. The highest BCUT2D eigenvalue weighted by atomic mass is 16.4. The standard InChI is InChI=1S/C9H14N2O2/c1-6(2)5-11-7(3)4-10-8(11)9(12)13/h4,6H,5H2,1-3H3,(H,12,13). The highest BCUT2D eigenvalue weighted by Crippen LogP contribution is 2.08. The van der Waals surface area contributed by atoms with Crippen LogP contribution in [0, 0.1) is 12.8 Å². The van der Waals surface area contributed by atoms with Crippen molar-refractivity contribution in [2.24, 2.45) is 5.92 Å². The zero-order valence-electron chi connectivity index (χ0n) is 8.11. The second-order valence-corrected chi connectivity index (χ2v) is 3.53. The Labute approximate surface area is 77.2 Å². The van der Waals surface area contributed by atoms with Crippen LogP contribution in [-0.4, -0.2) is 20.6 Å². The maximum absolute atomic E-state index is 10.7. The molecule has 0 amide bonds. The van der Waals surface area contributed by atoms with Crippen LogP contribution >= 0.6 is 0 Å². The summed E-state index contributed by atoms with van der Waals surface area (Å²) in [6, 6.07) is 0. The summed E-state index contributed by atoms with van der Waals surface area (Å²) < 4.78 is 1.73. The van der Waals surface area contributed by atoms with Crippen molar-refractivity contribution in [3.05, 3.63) is 17.7 Å². The van der Waals surface area contributed by atoms with Gasteiger partial charge in [-0.1, -0.05) is 13.8 Å². The molecular weight excluding hydrogens is 168 g/mol. The number of carboxylic acids is 1. The summed E-state index contributed by atoms with van der Waals surface area (Å²) >= 11 is 0. The zero-order chi connectivity index (χ0) is 10.0. The summed E-state index contributed by atoms with van der Waals surface area (Å²) in [6.07, 6.45) is 1.59. The molecule has 1 aromatic heterocycles. The second kappa shape index (κ2) is 3.60. The van der Waals surface area contributed by atoms with Crippen LogP contribution in [0.15, 0.2) is 6.20 Å². The lowest BCUT2D eigenvalue weighted by Gasteiger charge is -2.09. The molecule has 0 aromatic carbocycles. The molecular formula is C9H14N2O2. The molecule has 4 heteroatoms. The minimum atomic E-state index is -0.964. The fourth-order valence-corrected chi connectivity index (χ4v) is 1.23. The minimum Gasteiger partial charge on any atom is -0.475 e. The number of rotatable bonds is 3. The lowest BCUT2D eigenvalue weighted by Crippen LogP contribution is -2.14. The number of aromatic carboxylic acids is 1. The van der Waals surface area contributed by atoms with Crippen LogP contribution in [0.25, 0.3) is 0 Å². The Hall–Kier alpha value is -1.32. The molecule has 13 heavy (non-hydrogen) atoms. The number of carbonyl (C=O) groups is 1. The van der Waals surface area contributed by atoms with Crippen molar-refractivity contribution in [1.29, 1.82) is 0 Å². The summed E-state index contributed by atoms with van der Waals surface area (Å²) in [5, 5.41) is 8.81. The molecule has 0 aliphatic rings. The predicted octanol–water partition coefficient (Wildman–Crippen LogP) is 1.55. The van der Waals surface area contributed by atoms with Crippen molar-refractivity contribution in [3.63, 3.8) is 0 Å². The van der Waals surface area contributed by atoms with Gasteiger partial charge in [-0.3, -0.25) is 0 Å². The van der Waals surface area contributed by atoms with Crippen molar-refractivity contribution in [3.8, 4) is 0 Å². The highest BCUT2D eigenvalue weighted by molar-refractivity contribution is 5.83. The Balaban J connectivity index is 3.01. The van der Waals surface area contributed by atoms with E-state index in [1.807, 2.05) is 20.8 Å². The van der Waals surface area contributed by atoms with E-state index >= 15 is 0 Å². The molecule has 0 spiro atoms. The Kier molecular flexibility index (Phi) is 2.70. The lowest BCUT2D eigenvalue weighted by molar-refractivity contribution is 0.0677. The molecule has 0 aliphatic carbocycles. The number of imidazole rings is 1. The zero-order valence-corrected chi connectivity index (χ0v) is 8.11. The molecule has 0 unspecified atom stereocenters. The molecule has 0 bridgehead atoms. The highest BCUT2D eigenvalue weighted by Gasteiger charge is 2.13. The molecule has 1 rings (SSSR count). The van der Waals surface area contributed by atoms with E-state index in [0.717, 1.165) is 5.69 Å². The van der Waals surface area contributed by atoms with Crippen LogP contribution in [-0.2, 0) is 6.54 Å². The first-order valence-corrected chi connectivity index (χ1v) is 4.27. The van der Waals surface area contributed by atoms with Gasteiger partial charge in [-0.15, -0.1) is 0 Å². The lowest BCUT2D eigenvalue weighted by atomic mass is 10.2. The predicted molar refractivity (Wildman–Crippen MR) is 48.8 cm³/mol. The first-order chi connectivity index (χ1) is 6.02. The SMILES string of the molecule is Cc1cnc(C(=O)O)n1CC(C)C. The average Bonchev–Trinajstić information content (AvgIpc) is 2.32. The maximum Gasteiger partial charge on any atom is 0.372 e. The summed E-state index contributed by atoms with van der Waals surface area (Å²) in [5.41, 5.74) is 0.895. The van der Waals surface area contributed by atoms with Gasteiger partial charge in [-0.05, 0) is 12.8 Å². The maximum atomic E-state index is 10.7. The average molecular weight is 182 g/mol. The summed E-state index contributed by atoms with van der Waals surface area (Å²) in [7, 11) is 0. The molecule has 4 nitrogen and oxygen atoms in total. The van der Waals surface area contributed by atoms with E-state index in [9.17, 15) is 4.79 Å². The fraction of sp³-hybridized carbons (Fsp3) is 0.556. The summed E-state index contributed by atoms with van der Waals surface area (Å²) in [5.74, 6) is -0.411. The smallest absolute Gasteiger partial charge is 0.372 e. The van der Waals surface area contributed by atoms with Crippen LogP contribution < -0.4 is 0 Å². The van der Waals surface area contributed by atoms with Crippen LogP contribution in [0.1, 0.15) is 30.2 Å². The first-order valence-electron chi connectivity index (χ1n) is 4.27. The molecule has 0 radical (unpaired) electrons. The number of aryl methyl sites for hydroxylation is 1. The van der Waals surface area contributed by atoms with Crippen molar-refractivity contribution in [2.45, 2.75) is 27.3 Å². The van der Waals surface area contributed by atoms with E-state index in [1.54, 1.807) is 10.8 Å². The number of aromatic nitrogens is 2. The fourth-order valence-electron chi connectivity index (χ4n) is 1.23. The molecule has 1 heterocycles. The van der Waals surface area contributed by atoms with Gasteiger partial charge in [-0.25, -0.2) is 9.78 Å². The third kappa shape index (κ3) is 2.08. The number of hydrogen-bond acceptors (Lipinski definition) is 2. The minimum absolute atomic E-state index is 0.131. The van der Waals surface area contributed by atoms with Crippen LogP contribution in [0.4, 0.5) is 0 Å². The third-order valence-corrected chi connectivity index (χ3v) is 1.79. The summed E-state index contributed by atoms with van der Waals surface area (Å²) in [6.45, 7) is 6.66. The number of nitrogens with zero attached hydrogens (tertiary/aromatic N) is 2. The normalized spacial score (nSPS) is 10.8. The van der Waals surface area contributed by atoms with Crippen LogP contribution in [0.2, 0.25) is 0 Å². The van der Waals surface area contributed by atoms with Crippen molar-refractivity contribution in [2.75, 3.05) is 0 Å². The largest absolute Gasteiger partial charge is 0.475 e. The molecule has 0 saturated heterocycles. The van der Waals surface area contributed by atoms with Crippen LogP contribution in [0.5, 0.6) is 0 Å². The van der Waals surface area contributed by atoms with Gasteiger partial charge in [0.2, 0.25) is 5.82 Å². The number of hydrogen-bond donors (Lipinski definition) is 1. The molecule has 0 aliphatic heterocycles. The van der Waals surface area contributed by atoms with Gasteiger partial charge in [0.1, 0.15) is 0 Å². The first kappa shape index (κ1) is 9.77. The van der Waals surface area contributed by atoms with Crippen molar-refractivity contribution < 1.29 is 9.90 Å². The van der Waals surface area contributed by atoms with Crippen LogP contribution in [0.3, 0.4) is 0 Å². The van der Waals surface area contributed by atoms with Crippen molar-refractivity contribution >= 4 is 5.97 Å². The number of carboxylic acid groups (broad SMARTS) is 1. The van der Waals surface area contributed by atoms with Crippen molar-refractivity contribution in [1.82, 2.24) is 9.55 Å². The van der Waals surface area contributed by atoms with E-state index in [2.05, 4.69) is 4.98 Å². The quantitative estimate of drug-likeness (QED) is 0.771. The molecule has 72 valence electrons. The van der Waals surface area contributed by atoms with Gasteiger partial charge in [0.15, 0.2) is 0 Å². The third-order valence-electron chi connectivity index (χ3n) is 1.79. The van der Waals surface area contributed by atoms with Gasteiger partial charge in [-0.2, -0.15) is 0 Å². The second-order valence-electron chi connectivity index (χ2n) is 3.53. The van der Waals surface area contributed by atoms with E-state index < -0.39 is 5.97 Å². The molecule has 0 saturated carbocycles. The topological polar surface area (TPSA) is 55.1 Å². The molecule has 0 atom stereocenters. The molecule has 0 fully saturated rings. The summed E-state index contributed by atoms with van der Waals surface area (Å²) in [4.78, 5) is 14.6. The van der Waals surface area contributed by atoms with Gasteiger partial charge < -0.3 is 9.67 Å². The Morgan fingerprint density at radius 3 is 2.77 bits per heavy atom. The Morgan fingerprint density at radius 2 is 2.31 bits per heavy atom. The van der Waals surface area contributed by atoms with E-state index in [4.69, 9.17) is 5.11 Å². The Morgan fingerprint density at radius 1 is 1.69 bits per heavy atom. The molecule has 1 N–H and O–H groups in total. The van der Waals surface area contributed by atoms with E-state index in [1.165, 1.54) is 0 Å². The van der Waals surface area contributed by atoms with E-state index in [0.29, 0.717) is 12.5 Å². The van der Waals surface area contributed by atoms with Gasteiger partial charge in [0.05, 0.1) is 0 Å². The monoisotopic (exact) mass is 182 g/mol. The van der Waals surface area contributed by atoms with Gasteiger partial charge >= 0.3 is 5.97 Å².